The van der Waals surface area contributed by atoms with Gasteiger partial charge in [-0.3, -0.25) is 28.8 Å². The van der Waals surface area contributed by atoms with Crippen molar-refractivity contribution < 1.29 is 43.8 Å². The monoisotopic (exact) mass is 744 g/mol. The predicted octanol–water partition coefficient (Wildman–Crippen LogP) is -2.85. The van der Waals surface area contributed by atoms with Gasteiger partial charge in [0.25, 0.3) is 0 Å². The maximum atomic E-state index is 13.5. The summed E-state index contributed by atoms with van der Waals surface area (Å²) in [7, 11) is 0. The highest BCUT2D eigenvalue weighted by Gasteiger charge is 2.30. The van der Waals surface area contributed by atoms with Crippen molar-refractivity contribution in [3.63, 3.8) is 0 Å². The number of carbonyl (C=O) groups is 7. The lowest BCUT2D eigenvalue weighted by Crippen LogP contribution is -2.57. The number of imidazole rings is 1. The predicted molar refractivity (Wildman–Crippen MR) is 189 cm³/mol. The van der Waals surface area contributed by atoms with Crippen LogP contribution in [-0.2, 0) is 46.4 Å². The Hall–Kier alpha value is -5.47. The Labute approximate surface area is 302 Å². The lowest BCUT2D eigenvalue weighted by atomic mass is 10.0. The van der Waals surface area contributed by atoms with Crippen molar-refractivity contribution in [2.24, 2.45) is 11.5 Å². The van der Waals surface area contributed by atoms with Crippen molar-refractivity contribution in [3.05, 3.63) is 54.2 Å². The molecule has 3 rings (SSSR count). The van der Waals surface area contributed by atoms with Gasteiger partial charge in [0.2, 0.25) is 35.4 Å². The number of amides is 6. The van der Waals surface area contributed by atoms with Gasteiger partial charge in [-0.05, 0) is 42.9 Å². The van der Waals surface area contributed by atoms with Crippen molar-refractivity contribution in [3.8, 4) is 0 Å². The number of aliphatic hydroxyl groups is 1. The highest BCUT2D eigenvalue weighted by molar-refractivity contribution is 7.98. The highest BCUT2D eigenvalue weighted by Crippen LogP contribution is 2.19. The van der Waals surface area contributed by atoms with Gasteiger partial charge in [-0.15, -0.1) is 0 Å². The van der Waals surface area contributed by atoms with Crippen LogP contribution in [0.4, 0.5) is 0 Å². The summed E-state index contributed by atoms with van der Waals surface area (Å²) in [6.07, 6.45) is 5.97. The van der Waals surface area contributed by atoms with E-state index in [0.29, 0.717) is 11.4 Å². The van der Waals surface area contributed by atoms with E-state index in [0.717, 1.165) is 16.5 Å². The normalized spacial score (nSPS) is 13.9. The Morgan fingerprint density at radius 3 is 2.19 bits per heavy atom. The standard InChI is InChI=1S/C32H44N10O9S/c1-52-9-8-23(29(47)37-14-27(45)39-24(11-18-13-35-16-38-18)31(49)42-25(15-43)32(50)51)41-30(48)22(6-7-26(34)44)40-28(46)20(33)10-17-12-36-21-5-3-2-4-19(17)21/h2-5,12-13,16,20,22-25,36,43H,6-11,14-15,33H2,1H3,(H2,34,44)(H,35,38)(H,37,47)(H,39,45)(H,40,46)(H,41,48)(H,42,49)(H,50,51)/t20-,22+,23+,24-,25-/m0/s1. The Morgan fingerprint density at radius 2 is 1.54 bits per heavy atom. The molecule has 2 aromatic heterocycles. The van der Waals surface area contributed by atoms with E-state index in [4.69, 9.17) is 11.5 Å². The molecule has 0 bridgehead atoms. The Bertz CT molecular complexity index is 1700. The molecule has 6 amide bonds. The van der Waals surface area contributed by atoms with Crippen LogP contribution in [0, 0.1) is 0 Å². The number of rotatable bonds is 22. The summed E-state index contributed by atoms with van der Waals surface area (Å²) >= 11 is 1.39. The number of carboxylic acids is 1. The van der Waals surface area contributed by atoms with Gasteiger partial charge in [-0.25, -0.2) is 9.78 Å². The van der Waals surface area contributed by atoms with E-state index >= 15 is 0 Å². The third-order valence-electron chi connectivity index (χ3n) is 7.86. The summed E-state index contributed by atoms with van der Waals surface area (Å²) in [4.78, 5) is 98.1. The minimum absolute atomic E-state index is 0.125. The minimum atomic E-state index is -1.62. The van der Waals surface area contributed by atoms with Crippen LogP contribution in [0.5, 0.6) is 0 Å². The Balaban J connectivity index is 1.65. The lowest BCUT2D eigenvalue weighted by molar-refractivity contribution is -0.143. The molecular weight excluding hydrogens is 700 g/mol. The van der Waals surface area contributed by atoms with Crippen molar-refractivity contribution in [2.45, 2.75) is 62.3 Å². The van der Waals surface area contributed by atoms with E-state index in [1.54, 1.807) is 12.5 Å². The molecule has 0 aliphatic heterocycles. The zero-order valence-electron chi connectivity index (χ0n) is 28.3. The SMILES string of the molecule is CSCC[C@@H](NC(=O)[C@@H](CCC(N)=O)NC(=O)[C@@H](N)Cc1c[nH]c2ccccc12)C(=O)NCC(=O)N[C@@H](Cc1cnc[nH]1)C(=O)N[C@@H](CO)C(=O)O. The van der Waals surface area contributed by atoms with E-state index in [2.05, 4.69) is 41.5 Å². The topological polar surface area (TPSA) is 317 Å². The van der Waals surface area contributed by atoms with Gasteiger partial charge >= 0.3 is 5.97 Å². The maximum Gasteiger partial charge on any atom is 0.328 e. The molecule has 0 aliphatic rings. The molecule has 0 spiro atoms. The number of primary amides is 1. The van der Waals surface area contributed by atoms with Gasteiger partial charge < -0.3 is 58.2 Å². The molecule has 20 heteroatoms. The summed E-state index contributed by atoms with van der Waals surface area (Å²) in [5.74, 6) is -5.73. The smallest absolute Gasteiger partial charge is 0.328 e. The number of benzene rings is 1. The fourth-order valence-electron chi connectivity index (χ4n) is 5.06. The van der Waals surface area contributed by atoms with E-state index < -0.39 is 84.8 Å². The zero-order valence-corrected chi connectivity index (χ0v) is 29.2. The molecule has 52 heavy (non-hydrogen) atoms. The third-order valence-corrected chi connectivity index (χ3v) is 8.50. The van der Waals surface area contributed by atoms with Gasteiger partial charge in [0, 0.05) is 41.8 Å². The molecule has 1 aromatic carbocycles. The first-order chi connectivity index (χ1) is 24.8. The van der Waals surface area contributed by atoms with Crippen LogP contribution < -0.4 is 38.1 Å². The number of aromatic amines is 2. The van der Waals surface area contributed by atoms with Crippen molar-refractivity contribution >= 4 is 64.1 Å². The van der Waals surface area contributed by atoms with Gasteiger partial charge in [0.05, 0.1) is 25.5 Å². The molecule has 3 aromatic rings. The number of fused-ring (bicyclic) bond motifs is 1. The molecule has 2 heterocycles. The number of H-pyrrole nitrogens is 2. The fourth-order valence-corrected chi connectivity index (χ4v) is 5.53. The largest absolute Gasteiger partial charge is 0.480 e. The van der Waals surface area contributed by atoms with E-state index in [1.807, 2.05) is 24.3 Å². The average molecular weight is 745 g/mol. The zero-order chi connectivity index (χ0) is 38.2. The number of hydrogen-bond acceptors (Lipinski definition) is 11. The van der Waals surface area contributed by atoms with Gasteiger partial charge in [-0.1, -0.05) is 18.2 Å². The third kappa shape index (κ3) is 12.7. The van der Waals surface area contributed by atoms with E-state index in [-0.39, 0.29) is 32.1 Å². The first-order valence-electron chi connectivity index (χ1n) is 16.2. The molecule has 19 nitrogen and oxygen atoms in total. The molecular formula is C32H44N10O9S. The molecule has 0 fully saturated rings. The Morgan fingerprint density at radius 1 is 0.865 bits per heavy atom. The molecule has 5 atom stereocenters. The number of hydrogen-bond donors (Lipinski definition) is 11. The summed E-state index contributed by atoms with van der Waals surface area (Å²) in [6, 6.07) is 1.01. The van der Waals surface area contributed by atoms with Gasteiger partial charge in [-0.2, -0.15) is 11.8 Å². The number of carbonyl (C=O) groups excluding carboxylic acids is 6. The van der Waals surface area contributed by atoms with Crippen LogP contribution in [0.2, 0.25) is 0 Å². The second-order valence-electron chi connectivity index (χ2n) is 11.8. The first-order valence-corrected chi connectivity index (χ1v) is 17.6. The second-order valence-corrected chi connectivity index (χ2v) is 12.8. The average Bonchev–Trinajstić information content (AvgIpc) is 3.79. The van der Waals surface area contributed by atoms with Crippen LogP contribution in [0.1, 0.15) is 30.5 Å². The van der Waals surface area contributed by atoms with Crippen molar-refractivity contribution in [2.75, 3.05) is 25.2 Å². The number of carboxylic acid groups (broad SMARTS) is 1. The van der Waals surface area contributed by atoms with Crippen LogP contribution in [0.3, 0.4) is 0 Å². The fraction of sp³-hybridized carbons (Fsp3) is 0.438. The van der Waals surface area contributed by atoms with Crippen LogP contribution in [0.25, 0.3) is 10.9 Å². The number of para-hydroxylation sites is 1. The number of aliphatic carboxylic acids is 1. The number of aliphatic hydroxyl groups excluding tert-OH is 1. The van der Waals surface area contributed by atoms with Crippen molar-refractivity contribution in [1.82, 2.24) is 41.5 Å². The number of thioether (sulfide) groups is 1. The molecule has 282 valence electrons. The number of nitrogens with one attached hydrogen (secondary N) is 7. The summed E-state index contributed by atoms with van der Waals surface area (Å²) < 4.78 is 0. The number of nitrogens with zero attached hydrogens (tertiary/aromatic N) is 1. The van der Waals surface area contributed by atoms with E-state index in [1.165, 1.54) is 24.3 Å². The molecule has 13 N–H and O–H groups in total. The second kappa shape index (κ2) is 20.4. The van der Waals surface area contributed by atoms with Crippen LogP contribution >= 0.6 is 11.8 Å². The quantitative estimate of drug-likeness (QED) is 0.0496. The highest BCUT2D eigenvalue weighted by atomic mass is 32.2. The minimum Gasteiger partial charge on any atom is -0.480 e. The van der Waals surface area contributed by atoms with Gasteiger partial charge in [0.15, 0.2) is 0 Å². The maximum absolute atomic E-state index is 13.5. The summed E-state index contributed by atoms with van der Waals surface area (Å²) in [5.41, 5.74) is 13.6. The molecule has 0 radical (unpaired) electrons. The molecule has 0 saturated carbocycles. The molecule has 0 unspecified atom stereocenters. The van der Waals surface area contributed by atoms with Gasteiger partial charge in [0.1, 0.15) is 24.2 Å². The van der Waals surface area contributed by atoms with Crippen LogP contribution in [0.15, 0.2) is 43.0 Å². The molecule has 0 saturated heterocycles. The number of nitrogens with two attached hydrogens (primary N) is 2. The number of aromatic nitrogens is 3. The Kier molecular flexibility index (Phi) is 16.1. The molecule has 0 aliphatic carbocycles. The van der Waals surface area contributed by atoms with Crippen molar-refractivity contribution in [1.29, 1.82) is 0 Å². The lowest BCUT2D eigenvalue weighted by Gasteiger charge is -2.24. The first kappa shape index (κ1) is 41.0. The van der Waals surface area contributed by atoms with E-state index in [9.17, 15) is 43.8 Å². The summed E-state index contributed by atoms with van der Waals surface area (Å²) in [6.45, 7) is -1.53. The summed E-state index contributed by atoms with van der Waals surface area (Å²) in [5, 5.41) is 31.5. The van der Waals surface area contributed by atoms with Crippen LogP contribution in [-0.4, -0.2) is 122 Å².